The molecule has 1 aliphatic rings. The van der Waals surface area contributed by atoms with Gasteiger partial charge in [-0.05, 0) is 43.5 Å². The number of thiazole rings is 1. The summed E-state index contributed by atoms with van der Waals surface area (Å²) in [5.74, 6) is 0.487. The molecule has 2 aromatic rings. The van der Waals surface area contributed by atoms with E-state index < -0.39 is 0 Å². The van der Waals surface area contributed by atoms with Gasteiger partial charge in [-0.15, -0.1) is 11.3 Å². The Morgan fingerprint density at radius 3 is 2.62 bits per heavy atom. The maximum Gasteiger partial charge on any atom is 0.260 e. The molecule has 1 aromatic heterocycles. The van der Waals surface area contributed by atoms with Gasteiger partial charge in [-0.1, -0.05) is 0 Å². The van der Waals surface area contributed by atoms with E-state index in [1.807, 2.05) is 10.3 Å². The molecule has 0 bridgehead atoms. The summed E-state index contributed by atoms with van der Waals surface area (Å²) < 4.78 is 5.56. The molecule has 0 aliphatic carbocycles. The lowest BCUT2D eigenvalue weighted by Crippen LogP contribution is -2.38. The molecule has 1 aliphatic heterocycles. The molecular formula is C19H23N3O3S. The van der Waals surface area contributed by atoms with E-state index in [1.54, 1.807) is 41.8 Å². The number of nitrogens with one attached hydrogen (secondary N) is 1. The molecule has 2 heterocycles. The fraction of sp³-hybridized carbons (Fsp3) is 0.421. The van der Waals surface area contributed by atoms with E-state index >= 15 is 0 Å². The zero-order chi connectivity index (χ0) is 18.2. The number of hydrogen-bond acceptors (Lipinski definition) is 5. The molecule has 0 saturated carbocycles. The summed E-state index contributed by atoms with van der Waals surface area (Å²) in [6, 6.07) is 6.86. The third-order valence-electron chi connectivity index (χ3n) is 4.30. The summed E-state index contributed by atoms with van der Waals surface area (Å²) in [6.07, 6.45) is 5.81. The highest BCUT2D eigenvalue weighted by molar-refractivity contribution is 7.09. The summed E-state index contributed by atoms with van der Waals surface area (Å²) in [5, 5.41) is 5.81. The molecule has 0 spiro atoms. The van der Waals surface area contributed by atoms with Crippen LogP contribution in [0.25, 0.3) is 0 Å². The smallest absolute Gasteiger partial charge is 0.260 e. The predicted molar refractivity (Wildman–Crippen MR) is 101 cm³/mol. The second kappa shape index (κ2) is 9.33. The Hall–Kier alpha value is -2.41. The van der Waals surface area contributed by atoms with Crippen LogP contribution in [-0.2, 0) is 11.2 Å². The number of likely N-dealkylation sites (tertiary alicyclic amines) is 1. The number of nitrogens with zero attached hydrogens (tertiary/aromatic N) is 2. The van der Waals surface area contributed by atoms with E-state index in [2.05, 4.69) is 10.3 Å². The SMILES string of the molecule is O=C(NCCc1nccs1)c1ccc(OCC(=O)N2CCCCC2)cc1. The number of aromatic nitrogens is 1. The molecular weight excluding hydrogens is 350 g/mol. The van der Waals surface area contributed by atoms with E-state index in [-0.39, 0.29) is 18.4 Å². The maximum absolute atomic E-state index is 12.1. The number of benzene rings is 1. The molecule has 0 unspecified atom stereocenters. The fourth-order valence-corrected chi connectivity index (χ4v) is 3.46. The minimum Gasteiger partial charge on any atom is -0.484 e. The van der Waals surface area contributed by atoms with E-state index in [1.165, 1.54) is 6.42 Å². The van der Waals surface area contributed by atoms with Crippen molar-refractivity contribution in [1.29, 1.82) is 0 Å². The van der Waals surface area contributed by atoms with Crippen LogP contribution in [0.1, 0.15) is 34.6 Å². The van der Waals surface area contributed by atoms with Gasteiger partial charge in [0.1, 0.15) is 5.75 Å². The maximum atomic E-state index is 12.1. The van der Waals surface area contributed by atoms with Gasteiger partial charge < -0.3 is 15.0 Å². The first-order valence-corrected chi connectivity index (χ1v) is 9.77. The molecule has 2 amide bonds. The van der Waals surface area contributed by atoms with Gasteiger partial charge in [0, 0.05) is 43.2 Å². The second-order valence-electron chi connectivity index (χ2n) is 6.19. The molecule has 0 atom stereocenters. The van der Waals surface area contributed by atoms with Crippen LogP contribution in [0, 0.1) is 0 Å². The van der Waals surface area contributed by atoms with Crippen LogP contribution in [0.15, 0.2) is 35.8 Å². The zero-order valence-electron chi connectivity index (χ0n) is 14.6. The number of ether oxygens (including phenoxy) is 1. The van der Waals surface area contributed by atoms with Gasteiger partial charge in [-0.25, -0.2) is 4.98 Å². The average Bonchev–Trinajstić information content (AvgIpc) is 3.20. The van der Waals surface area contributed by atoms with Gasteiger partial charge in [0.05, 0.1) is 5.01 Å². The van der Waals surface area contributed by atoms with Gasteiger partial charge in [0.15, 0.2) is 6.61 Å². The highest BCUT2D eigenvalue weighted by Crippen LogP contribution is 2.14. The van der Waals surface area contributed by atoms with Crippen molar-refractivity contribution in [2.45, 2.75) is 25.7 Å². The minimum atomic E-state index is -0.127. The lowest BCUT2D eigenvalue weighted by Gasteiger charge is -2.26. The Morgan fingerprint density at radius 2 is 1.92 bits per heavy atom. The molecule has 138 valence electrons. The van der Waals surface area contributed by atoms with Crippen molar-refractivity contribution in [3.05, 3.63) is 46.4 Å². The highest BCUT2D eigenvalue weighted by atomic mass is 32.1. The van der Waals surface area contributed by atoms with Crippen molar-refractivity contribution in [1.82, 2.24) is 15.2 Å². The summed E-state index contributed by atoms with van der Waals surface area (Å²) >= 11 is 1.58. The lowest BCUT2D eigenvalue weighted by molar-refractivity contribution is -0.134. The fourth-order valence-electron chi connectivity index (χ4n) is 2.84. The highest BCUT2D eigenvalue weighted by Gasteiger charge is 2.16. The van der Waals surface area contributed by atoms with Crippen LogP contribution >= 0.6 is 11.3 Å². The standard InChI is InChI=1S/C19H23N3O3S/c23-18(22-11-2-1-3-12-22)14-25-16-6-4-15(5-7-16)19(24)21-9-8-17-20-10-13-26-17/h4-7,10,13H,1-3,8-9,11-12,14H2,(H,21,24). The number of carbonyl (C=O) groups is 2. The molecule has 1 saturated heterocycles. The lowest BCUT2D eigenvalue weighted by atomic mass is 10.1. The normalized spacial score (nSPS) is 14.1. The summed E-state index contributed by atoms with van der Waals surface area (Å²) in [7, 11) is 0. The van der Waals surface area contributed by atoms with Crippen LogP contribution in [0.4, 0.5) is 0 Å². The Labute approximate surface area is 157 Å². The first kappa shape index (κ1) is 18.4. The predicted octanol–water partition coefficient (Wildman–Crippen LogP) is 2.51. The quantitative estimate of drug-likeness (QED) is 0.809. The molecule has 0 radical (unpaired) electrons. The Morgan fingerprint density at radius 1 is 1.15 bits per heavy atom. The Kier molecular flexibility index (Phi) is 6.60. The van der Waals surface area contributed by atoms with Gasteiger partial charge in [0.25, 0.3) is 11.8 Å². The van der Waals surface area contributed by atoms with Crippen molar-refractivity contribution in [3.8, 4) is 5.75 Å². The molecule has 1 fully saturated rings. The summed E-state index contributed by atoms with van der Waals surface area (Å²) in [6.45, 7) is 2.24. The Bertz CT molecular complexity index is 710. The first-order chi connectivity index (χ1) is 12.7. The molecule has 1 N–H and O–H groups in total. The van der Waals surface area contributed by atoms with E-state index in [0.717, 1.165) is 37.4 Å². The van der Waals surface area contributed by atoms with Crippen molar-refractivity contribution in [3.63, 3.8) is 0 Å². The van der Waals surface area contributed by atoms with Crippen LogP contribution in [0.2, 0.25) is 0 Å². The van der Waals surface area contributed by atoms with Crippen LogP contribution < -0.4 is 10.1 Å². The molecule has 3 rings (SSSR count). The van der Waals surface area contributed by atoms with Crippen molar-refractivity contribution in [2.24, 2.45) is 0 Å². The van der Waals surface area contributed by atoms with Crippen molar-refractivity contribution >= 4 is 23.2 Å². The van der Waals surface area contributed by atoms with Gasteiger partial charge in [-0.3, -0.25) is 9.59 Å². The molecule has 26 heavy (non-hydrogen) atoms. The van der Waals surface area contributed by atoms with E-state index in [0.29, 0.717) is 17.9 Å². The van der Waals surface area contributed by atoms with Gasteiger partial charge in [0.2, 0.25) is 0 Å². The monoisotopic (exact) mass is 373 g/mol. The van der Waals surface area contributed by atoms with E-state index in [4.69, 9.17) is 4.74 Å². The zero-order valence-corrected chi connectivity index (χ0v) is 15.5. The number of rotatable bonds is 7. The van der Waals surface area contributed by atoms with Crippen LogP contribution in [-0.4, -0.2) is 47.9 Å². The minimum absolute atomic E-state index is 0.0220. The third-order valence-corrected chi connectivity index (χ3v) is 5.13. The summed E-state index contributed by atoms with van der Waals surface area (Å²) in [5.41, 5.74) is 0.568. The van der Waals surface area contributed by atoms with Crippen molar-refractivity contribution < 1.29 is 14.3 Å². The molecule has 1 aromatic carbocycles. The van der Waals surface area contributed by atoms with Gasteiger partial charge >= 0.3 is 0 Å². The second-order valence-corrected chi connectivity index (χ2v) is 7.17. The van der Waals surface area contributed by atoms with E-state index in [9.17, 15) is 9.59 Å². The largest absolute Gasteiger partial charge is 0.484 e. The molecule has 7 heteroatoms. The Balaban J connectivity index is 1.42. The van der Waals surface area contributed by atoms with Crippen LogP contribution in [0.3, 0.4) is 0 Å². The summed E-state index contributed by atoms with van der Waals surface area (Å²) in [4.78, 5) is 30.3. The molecule has 6 nitrogen and oxygen atoms in total. The van der Waals surface area contributed by atoms with Crippen molar-refractivity contribution in [2.75, 3.05) is 26.2 Å². The average molecular weight is 373 g/mol. The number of piperidine rings is 1. The third kappa shape index (κ3) is 5.29. The number of hydrogen-bond donors (Lipinski definition) is 1. The number of carbonyl (C=O) groups excluding carboxylic acids is 2. The number of amides is 2. The van der Waals surface area contributed by atoms with Gasteiger partial charge in [-0.2, -0.15) is 0 Å². The first-order valence-electron chi connectivity index (χ1n) is 8.89. The topological polar surface area (TPSA) is 71.5 Å². The van der Waals surface area contributed by atoms with Crippen LogP contribution in [0.5, 0.6) is 5.75 Å².